The molecule has 15 heavy (non-hydrogen) atoms. The van der Waals surface area contributed by atoms with E-state index >= 15 is 0 Å². The van der Waals surface area contributed by atoms with Crippen LogP contribution in [-0.4, -0.2) is 15.2 Å². The Morgan fingerprint density at radius 1 is 1.40 bits per heavy atom. The van der Waals surface area contributed by atoms with Crippen molar-refractivity contribution in [1.82, 2.24) is 15.2 Å². The highest BCUT2D eigenvalue weighted by molar-refractivity contribution is 7.99. The first-order valence-corrected chi connectivity index (χ1v) is 5.24. The molecule has 0 aliphatic rings. The maximum atomic E-state index is 5.74. The largest absolute Gasteiger partial charge is 0.416 e. The van der Waals surface area contributed by atoms with E-state index in [4.69, 9.17) is 21.8 Å². The fourth-order valence-corrected chi connectivity index (χ4v) is 1.85. The first-order valence-electron chi connectivity index (χ1n) is 4.05. The van der Waals surface area contributed by atoms with E-state index in [0.29, 0.717) is 27.0 Å². The van der Waals surface area contributed by atoms with Gasteiger partial charge in [-0.2, -0.15) is 0 Å². The van der Waals surface area contributed by atoms with Crippen molar-refractivity contribution < 1.29 is 4.42 Å². The van der Waals surface area contributed by atoms with Gasteiger partial charge < -0.3 is 10.2 Å². The molecule has 0 saturated heterocycles. The zero-order valence-corrected chi connectivity index (χ0v) is 9.34. The molecular weight excluding hydrogens is 236 g/mol. The van der Waals surface area contributed by atoms with Crippen molar-refractivity contribution in [3.8, 4) is 0 Å². The lowest BCUT2D eigenvalue weighted by molar-refractivity contribution is 0.429. The summed E-state index contributed by atoms with van der Waals surface area (Å²) in [6, 6.07) is 3.31. The Hall–Kier alpha value is -1.27. The molecular formula is C8H7ClN4OS. The van der Waals surface area contributed by atoms with E-state index in [-0.39, 0.29) is 0 Å². The number of hydrogen-bond acceptors (Lipinski definition) is 6. The molecule has 5 nitrogen and oxygen atoms in total. The molecule has 2 N–H and O–H groups in total. The molecule has 0 amide bonds. The van der Waals surface area contributed by atoms with Gasteiger partial charge in [-0.3, -0.25) is 0 Å². The average molecular weight is 243 g/mol. The molecule has 2 aromatic rings. The zero-order valence-electron chi connectivity index (χ0n) is 7.77. The van der Waals surface area contributed by atoms with Crippen LogP contribution in [0.25, 0.3) is 0 Å². The summed E-state index contributed by atoms with van der Waals surface area (Å²) >= 11 is 6.93. The highest BCUT2D eigenvalue weighted by Gasteiger charge is 2.09. The molecule has 78 valence electrons. The Labute approximate surface area is 95.0 Å². The predicted molar refractivity (Wildman–Crippen MR) is 56.8 cm³/mol. The number of hydrogen-bond donors (Lipinski definition) is 1. The van der Waals surface area contributed by atoms with Gasteiger partial charge in [0, 0.05) is 6.92 Å². The number of halogens is 1. The van der Waals surface area contributed by atoms with Gasteiger partial charge >= 0.3 is 0 Å². The number of nitrogen functional groups attached to an aromatic ring is 1. The normalized spacial score (nSPS) is 10.5. The van der Waals surface area contributed by atoms with Crippen LogP contribution in [0.2, 0.25) is 5.15 Å². The fourth-order valence-electron chi connectivity index (χ4n) is 0.913. The first kappa shape index (κ1) is 10.3. The topological polar surface area (TPSA) is 77.8 Å². The number of aromatic nitrogens is 3. The molecule has 2 aromatic heterocycles. The second-order valence-corrected chi connectivity index (χ2v) is 4.04. The van der Waals surface area contributed by atoms with Crippen LogP contribution in [0.4, 0.5) is 5.69 Å². The highest BCUT2D eigenvalue weighted by atomic mass is 35.5. The van der Waals surface area contributed by atoms with Gasteiger partial charge in [-0.1, -0.05) is 11.6 Å². The maximum absolute atomic E-state index is 5.74. The van der Waals surface area contributed by atoms with Crippen molar-refractivity contribution in [2.45, 2.75) is 17.2 Å². The molecule has 0 aliphatic heterocycles. The summed E-state index contributed by atoms with van der Waals surface area (Å²) in [7, 11) is 0. The van der Waals surface area contributed by atoms with Gasteiger partial charge in [0.2, 0.25) is 5.89 Å². The van der Waals surface area contributed by atoms with Crippen LogP contribution in [0.5, 0.6) is 0 Å². The molecule has 0 aliphatic carbocycles. The van der Waals surface area contributed by atoms with Crippen molar-refractivity contribution in [2.75, 3.05) is 5.73 Å². The minimum atomic E-state index is 0.378. The minimum Gasteiger partial charge on any atom is -0.416 e. The number of pyridine rings is 1. The molecule has 2 heterocycles. The first-order chi connectivity index (χ1) is 7.15. The molecule has 0 saturated carbocycles. The molecule has 0 radical (unpaired) electrons. The summed E-state index contributed by atoms with van der Waals surface area (Å²) in [4.78, 5) is 4.05. The van der Waals surface area contributed by atoms with Crippen LogP contribution in [0.15, 0.2) is 26.8 Å². The molecule has 2 rings (SSSR count). The van der Waals surface area contributed by atoms with Gasteiger partial charge in [-0.05, 0) is 23.9 Å². The van der Waals surface area contributed by atoms with Gasteiger partial charge in [0.1, 0.15) is 10.2 Å². The molecule has 0 aromatic carbocycles. The van der Waals surface area contributed by atoms with Crippen molar-refractivity contribution in [3.05, 3.63) is 23.2 Å². The van der Waals surface area contributed by atoms with Crippen molar-refractivity contribution in [2.24, 2.45) is 0 Å². The third kappa shape index (κ3) is 2.40. The van der Waals surface area contributed by atoms with Crippen LogP contribution >= 0.6 is 23.4 Å². The number of aryl methyl sites for hydroxylation is 1. The lowest BCUT2D eigenvalue weighted by atomic mass is 10.4. The molecule has 0 fully saturated rings. The standard InChI is InChI=1S/C8H7ClN4OS/c1-4-12-13-8(14-4)15-7-5(10)2-3-6(9)11-7/h2-3H,10H2,1H3. The quantitative estimate of drug-likeness (QED) is 0.813. The predicted octanol–water partition coefficient (Wildman–Crippen LogP) is 2.16. The third-order valence-corrected chi connectivity index (χ3v) is 2.62. The summed E-state index contributed by atoms with van der Waals surface area (Å²) in [5, 5.41) is 8.85. The molecule has 0 unspecified atom stereocenters. The van der Waals surface area contributed by atoms with Gasteiger partial charge in [0.05, 0.1) is 5.69 Å². The summed E-state index contributed by atoms with van der Waals surface area (Å²) in [5.41, 5.74) is 6.24. The Morgan fingerprint density at radius 3 is 2.87 bits per heavy atom. The van der Waals surface area contributed by atoms with E-state index in [1.807, 2.05) is 0 Å². The van der Waals surface area contributed by atoms with Crippen molar-refractivity contribution in [1.29, 1.82) is 0 Å². The van der Waals surface area contributed by atoms with Crippen LogP contribution in [-0.2, 0) is 0 Å². The van der Waals surface area contributed by atoms with E-state index < -0.39 is 0 Å². The van der Waals surface area contributed by atoms with Gasteiger partial charge in [-0.25, -0.2) is 4.98 Å². The Balaban J connectivity index is 2.27. The van der Waals surface area contributed by atoms with E-state index in [0.717, 1.165) is 0 Å². The van der Waals surface area contributed by atoms with Crippen LogP contribution in [0.1, 0.15) is 5.89 Å². The van der Waals surface area contributed by atoms with Crippen molar-refractivity contribution in [3.63, 3.8) is 0 Å². The average Bonchev–Trinajstić information content (AvgIpc) is 2.58. The van der Waals surface area contributed by atoms with Gasteiger partial charge in [0.15, 0.2) is 0 Å². The lowest BCUT2D eigenvalue weighted by Gasteiger charge is -2.00. The second kappa shape index (κ2) is 4.08. The summed E-state index contributed by atoms with van der Waals surface area (Å²) < 4.78 is 5.18. The number of anilines is 1. The SMILES string of the molecule is Cc1nnc(Sc2nc(Cl)ccc2N)o1. The summed E-state index contributed by atoms with van der Waals surface area (Å²) in [6.07, 6.45) is 0. The molecule has 0 bridgehead atoms. The molecule has 7 heteroatoms. The Bertz CT molecular complexity index is 487. The zero-order chi connectivity index (χ0) is 10.8. The second-order valence-electron chi connectivity index (χ2n) is 2.72. The lowest BCUT2D eigenvalue weighted by Crippen LogP contribution is -1.91. The minimum absolute atomic E-state index is 0.378. The van der Waals surface area contributed by atoms with Crippen LogP contribution in [0.3, 0.4) is 0 Å². The summed E-state index contributed by atoms with van der Waals surface area (Å²) in [6.45, 7) is 1.71. The highest BCUT2D eigenvalue weighted by Crippen LogP contribution is 2.30. The van der Waals surface area contributed by atoms with E-state index in [9.17, 15) is 0 Å². The molecule has 0 atom stereocenters. The van der Waals surface area contributed by atoms with Gasteiger partial charge in [0.25, 0.3) is 5.22 Å². The van der Waals surface area contributed by atoms with Crippen LogP contribution in [0, 0.1) is 6.92 Å². The Morgan fingerprint density at radius 2 is 2.20 bits per heavy atom. The number of rotatable bonds is 2. The number of nitrogens with two attached hydrogens (primary N) is 1. The van der Waals surface area contributed by atoms with Gasteiger partial charge in [-0.15, -0.1) is 10.2 Å². The molecule has 0 spiro atoms. The van der Waals surface area contributed by atoms with Crippen LogP contribution < -0.4 is 5.73 Å². The smallest absolute Gasteiger partial charge is 0.283 e. The fraction of sp³-hybridized carbons (Fsp3) is 0.125. The third-order valence-electron chi connectivity index (χ3n) is 1.55. The monoisotopic (exact) mass is 242 g/mol. The maximum Gasteiger partial charge on any atom is 0.283 e. The van der Waals surface area contributed by atoms with Crippen molar-refractivity contribution >= 4 is 29.1 Å². The number of nitrogens with zero attached hydrogens (tertiary/aromatic N) is 3. The van der Waals surface area contributed by atoms with E-state index in [1.54, 1.807) is 19.1 Å². The van der Waals surface area contributed by atoms with E-state index in [1.165, 1.54) is 11.8 Å². The Kier molecular flexibility index (Phi) is 2.79. The summed E-state index contributed by atoms with van der Waals surface area (Å²) in [5.74, 6) is 0.498. The van der Waals surface area contributed by atoms with E-state index in [2.05, 4.69) is 15.2 Å².